The summed E-state index contributed by atoms with van der Waals surface area (Å²) in [7, 11) is 2.71. The largest absolute Gasteiger partial charge is 0.497 e. The van der Waals surface area contributed by atoms with E-state index in [1.807, 2.05) is 18.2 Å². The van der Waals surface area contributed by atoms with Gasteiger partial charge < -0.3 is 28.8 Å². The van der Waals surface area contributed by atoms with E-state index in [1.54, 1.807) is 44.2 Å². The standard InChI is InChI=1S/C27H32O9/c1-5-34-25(30)27(26(31)35-6-2)15-14-17-10-7-8-13-20(17)21(27)22(36-24(33-4)23(28)29)18-11-9-12-19(16-18)32-3/h7-13,16,21-22,24H,5-6,14-15H2,1-4H3,(H,28,29). The lowest BCUT2D eigenvalue weighted by atomic mass is 9.60. The molecule has 0 fully saturated rings. The summed E-state index contributed by atoms with van der Waals surface area (Å²) in [5.41, 5.74) is 0.285. The minimum atomic E-state index is -1.79. The zero-order valence-electron chi connectivity index (χ0n) is 20.9. The number of benzene rings is 2. The first kappa shape index (κ1) is 27.2. The van der Waals surface area contributed by atoms with Gasteiger partial charge in [0, 0.05) is 13.0 Å². The molecule has 0 bridgehead atoms. The lowest BCUT2D eigenvalue weighted by Crippen LogP contribution is -2.51. The summed E-state index contributed by atoms with van der Waals surface area (Å²) in [6.45, 7) is 3.41. The molecule has 36 heavy (non-hydrogen) atoms. The first-order valence-electron chi connectivity index (χ1n) is 11.8. The van der Waals surface area contributed by atoms with Crippen molar-refractivity contribution in [1.82, 2.24) is 0 Å². The van der Waals surface area contributed by atoms with E-state index < -0.39 is 41.6 Å². The first-order chi connectivity index (χ1) is 17.3. The number of hydrogen-bond acceptors (Lipinski definition) is 8. The molecule has 3 rings (SSSR count). The van der Waals surface area contributed by atoms with Crippen LogP contribution in [-0.4, -0.2) is 56.7 Å². The van der Waals surface area contributed by atoms with Crippen LogP contribution in [0.15, 0.2) is 48.5 Å². The molecule has 0 aromatic heterocycles. The molecule has 194 valence electrons. The zero-order valence-corrected chi connectivity index (χ0v) is 20.9. The number of carboxylic acids is 1. The Morgan fingerprint density at radius 3 is 2.25 bits per heavy atom. The van der Waals surface area contributed by atoms with E-state index in [0.717, 1.165) is 5.56 Å². The molecule has 0 heterocycles. The fourth-order valence-corrected chi connectivity index (χ4v) is 4.82. The maximum Gasteiger partial charge on any atom is 0.361 e. The van der Waals surface area contributed by atoms with Gasteiger partial charge in [-0.3, -0.25) is 9.59 Å². The Labute approximate surface area is 210 Å². The number of hydrogen-bond donors (Lipinski definition) is 1. The summed E-state index contributed by atoms with van der Waals surface area (Å²) < 4.78 is 27.4. The molecule has 1 N–H and O–H groups in total. The van der Waals surface area contributed by atoms with Gasteiger partial charge in [-0.15, -0.1) is 0 Å². The van der Waals surface area contributed by atoms with Crippen molar-refractivity contribution < 1.29 is 43.2 Å². The van der Waals surface area contributed by atoms with Gasteiger partial charge in [0.05, 0.1) is 26.4 Å². The maximum absolute atomic E-state index is 13.7. The normalized spacial score (nSPS) is 17.8. The van der Waals surface area contributed by atoms with E-state index in [9.17, 15) is 19.5 Å². The number of aryl methyl sites for hydroxylation is 1. The smallest absolute Gasteiger partial charge is 0.361 e. The summed E-state index contributed by atoms with van der Waals surface area (Å²) in [6, 6.07) is 14.2. The van der Waals surface area contributed by atoms with Crippen molar-refractivity contribution >= 4 is 17.9 Å². The van der Waals surface area contributed by atoms with Crippen LogP contribution in [0.4, 0.5) is 0 Å². The average molecular weight is 501 g/mol. The fourth-order valence-electron chi connectivity index (χ4n) is 4.82. The highest BCUT2D eigenvalue weighted by molar-refractivity contribution is 6.02. The Kier molecular flexibility index (Phi) is 9.06. The molecule has 9 nitrogen and oxygen atoms in total. The van der Waals surface area contributed by atoms with E-state index >= 15 is 0 Å². The molecule has 0 aliphatic heterocycles. The van der Waals surface area contributed by atoms with Crippen molar-refractivity contribution in [2.24, 2.45) is 5.41 Å². The number of ether oxygens (including phenoxy) is 5. The van der Waals surface area contributed by atoms with Crippen LogP contribution in [0, 0.1) is 5.41 Å². The van der Waals surface area contributed by atoms with Gasteiger partial charge in [-0.2, -0.15) is 0 Å². The summed E-state index contributed by atoms with van der Waals surface area (Å²) in [6.07, 6.45) is -2.27. The Bertz CT molecular complexity index is 1060. The van der Waals surface area contributed by atoms with Crippen LogP contribution in [0.3, 0.4) is 0 Å². The van der Waals surface area contributed by atoms with Gasteiger partial charge in [-0.05, 0) is 55.5 Å². The topological polar surface area (TPSA) is 118 Å². The number of esters is 2. The highest BCUT2D eigenvalue weighted by atomic mass is 16.7. The van der Waals surface area contributed by atoms with Crippen LogP contribution in [0.25, 0.3) is 0 Å². The summed E-state index contributed by atoms with van der Waals surface area (Å²) >= 11 is 0. The highest BCUT2D eigenvalue weighted by Gasteiger charge is 2.60. The summed E-state index contributed by atoms with van der Waals surface area (Å²) in [4.78, 5) is 39.2. The van der Waals surface area contributed by atoms with Gasteiger partial charge in [0.15, 0.2) is 5.41 Å². The molecule has 0 radical (unpaired) electrons. The second-order valence-electron chi connectivity index (χ2n) is 8.33. The Morgan fingerprint density at radius 1 is 1.00 bits per heavy atom. The van der Waals surface area contributed by atoms with Crippen molar-refractivity contribution in [3.63, 3.8) is 0 Å². The summed E-state index contributed by atoms with van der Waals surface area (Å²) in [5.74, 6) is -3.34. The molecule has 2 aromatic rings. The number of aliphatic carboxylic acids is 1. The number of fused-ring (bicyclic) bond motifs is 1. The Balaban J connectivity index is 2.33. The number of carbonyl (C=O) groups is 3. The first-order valence-corrected chi connectivity index (χ1v) is 11.8. The van der Waals surface area contributed by atoms with Crippen LogP contribution in [0.5, 0.6) is 5.75 Å². The average Bonchev–Trinajstić information content (AvgIpc) is 2.89. The SMILES string of the molecule is CCOC(=O)C1(C(=O)OCC)CCc2ccccc2C1C(OC(OC)C(=O)O)c1cccc(OC)c1. The number of carbonyl (C=O) groups excluding carboxylic acids is 2. The van der Waals surface area contributed by atoms with Gasteiger partial charge >= 0.3 is 17.9 Å². The van der Waals surface area contributed by atoms with Gasteiger partial charge in [0.25, 0.3) is 6.29 Å². The quantitative estimate of drug-likeness (QED) is 0.280. The van der Waals surface area contributed by atoms with Crippen LogP contribution in [-0.2, 0) is 39.8 Å². The van der Waals surface area contributed by atoms with E-state index in [1.165, 1.54) is 14.2 Å². The maximum atomic E-state index is 13.7. The molecular weight excluding hydrogens is 468 g/mol. The van der Waals surface area contributed by atoms with E-state index in [0.29, 0.717) is 23.3 Å². The zero-order chi connectivity index (χ0) is 26.3. The second kappa shape index (κ2) is 12.0. The van der Waals surface area contributed by atoms with Crippen LogP contribution < -0.4 is 4.74 Å². The van der Waals surface area contributed by atoms with Crippen LogP contribution in [0.1, 0.15) is 49.0 Å². The monoisotopic (exact) mass is 500 g/mol. The van der Waals surface area contributed by atoms with Gasteiger partial charge in [0.1, 0.15) is 5.75 Å². The van der Waals surface area contributed by atoms with Crippen molar-refractivity contribution in [2.45, 2.75) is 45.0 Å². The van der Waals surface area contributed by atoms with Gasteiger partial charge in [-0.25, -0.2) is 4.79 Å². The molecule has 0 amide bonds. The molecule has 3 atom stereocenters. The Hall–Kier alpha value is -3.43. The predicted molar refractivity (Wildman–Crippen MR) is 128 cm³/mol. The molecule has 0 spiro atoms. The number of methoxy groups -OCH3 is 2. The highest BCUT2D eigenvalue weighted by Crippen LogP contribution is 2.55. The number of carboxylic acid groups (broad SMARTS) is 1. The molecule has 1 aliphatic carbocycles. The molecular formula is C27H32O9. The predicted octanol–water partition coefficient (Wildman–Crippen LogP) is 3.65. The van der Waals surface area contributed by atoms with Crippen LogP contribution in [0.2, 0.25) is 0 Å². The number of rotatable bonds is 11. The molecule has 0 saturated carbocycles. The van der Waals surface area contributed by atoms with Gasteiger partial charge in [-0.1, -0.05) is 36.4 Å². The second-order valence-corrected chi connectivity index (χ2v) is 8.33. The minimum absolute atomic E-state index is 0.0505. The van der Waals surface area contributed by atoms with Crippen molar-refractivity contribution in [1.29, 1.82) is 0 Å². The van der Waals surface area contributed by atoms with Crippen molar-refractivity contribution in [2.75, 3.05) is 27.4 Å². The molecule has 9 heteroatoms. The van der Waals surface area contributed by atoms with Crippen molar-refractivity contribution in [3.05, 3.63) is 65.2 Å². The third kappa shape index (κ3) is 5.22. The minimum Gasteiger partial charge on any atom is -0.497 e. The summed E-state index contributed by atoms with van der Waals surface area (Å²) in [5, 5.41) is 9.72. The van der Waals surface area contributed by atoms with Gasteiger partial charge in [0.2, 0.25) is 0 Å². The lowest BCUT2D eigenvalue weighted by Gasteiger charge is -2.44. The Morgan fingerprint density at radius 2 is 1.67 bits per heavy atom. The molecule has 1 aliphatic rings. The van der Waals surface area contributed by atoms with E-state index in [2.05, 4.69) is 0 Å². The van der Waals surface area contributed by atoms with E-state index in [-0.39, 0.29) is 19.6 Å². The van der Waals surface area contributed by atoms with Crippen molar-refractivity contribution in [3.8, 4) is 5.75 Å². The molecule has 3 unspecified atom stereocenters. The lowest BCUT2D eigenvalue weighted by molar-refractivity contribution is -0.206. The van der Waals surface area contributed by atoms with Crippen LogP contribution >= 0.6 is 0 Å². The third-order valence-electron chi connectivity index (χ3n) is 6.40. The molecule has 0 saturated heterocycles. The van der Waals surface area contributed by atoms with E-state index in [4.69, 9.17) is 23.7 Å². The fraction of sp³-hybridized carbons (Fsp3) is 0.444. The molecule has 2 aromatic carbocycles. The third-order valence-corrected chi connectivity index (χ3v) is 6.40.